The predicted molar refractivity (Wildman–Crippen MR) is 71.2 cm³/mol. The summed E-state index contributed by atoms with van der Waals surface area (Å²) in [6, 6.07) is 0. The summed E-state index contributed by atoms with van der Waals surface area (Å²) in [6.45, 7) is 1.78. The lowest BCUT2D eigenvalue weighted by molar-refractivity contribution is 0.970. The van der Waals surface area contributed by atoms with Crippen molar-refractivity contribution < 1.29 is 0 Å². The Morgan fingerprint density at radius 2 is 1.60 bits per heavy atom. The highest BCUT2D eigenvalue weighted by Gasteiger charge is 1.89. The second-order valence-corrected chi connectivity index (χ2v) is 3.21. The zero-order valence-corrected chi connectivity index (χ0v) is 10.4. The molecular formula is C7H14N6S2. The van der Waals surface area contributed by atoms with Crippen LogP contribution in [0.25, 0.3) is 0 Å². The van der Waals surface area contributed by atoms with E-state index in [9.17, 15) is 0 Å². The van der Waals surface area contributed by atoms with E-state index in [4.69, 9.17) is 24.4 Å². The van der Waals surface area contributed by atoms with E-state index >= 15 is 0 Å². The summed E-state index contributed by atoms with van der Waals surface area (Å²) >= 11 is 9.64. The van der Waals surface area contributed by atoms with Crippen LogP contribution < -0.4 is 21.5 Å². The van der Waals surface area contributed by atoms with Gasteiger partial charge in [0.05, 0.1) is 11.9 Å². The molecule has 0 radical (unpaired) electrons. The standard InChI is InChI=1S/C7H14N6S2/c1-5(11-13-7(15)9-3)4-10-12-6(14)8-2/h4H,1-3H3,(H2,8,12,14)(H2,9,13,15)/b10-4+,11-5-. The van der Waals surface area contributed by atoms with Gasteiger partial charge in [-0.15, -0.1) is 0 Å². The molecule has 0 aromatic rings. The lowest BCUT2D eigenvalue weighted by atomic mass is 10.5. The van der Waals surface area contributed by atoms with Gasteiger partial charge in [0.15, 0.2) is 10.2 Å². The van der Waals surface area contributed by atoms with Crippen LogP contribution in [0, 0.1) is 0 Å². The van der Waals surface area contributed by atoms with E-state index < -0.39 is 0 Å². The quantitative estimate of drug-likeness (QED) is 0.307. The van der Waals surface area contributed by atoms with Gasteiger partial charge in [0.1, 0.15) is 0 Å². The zero-order chi connectivity index (χ0) is 11.7. The molecule has 8 heteroatoms. The molecule has 0 aromatic carbocycles. The monoisotopic (exact) mass is 246 g/mol. The number of rotatable bonds is 3. The average Bonchev–Trinajstić information content (AvgIpc) is 2.25. The molecule has 0 rings (SSSR count). The molecule has 0 aliphatic heterocycles. The van der Waals surface area contributed by atoms with Crippen molar-refractivity contribution in [3.63, 3.8) is 0 Å². The van der Waals surface area contributed by atoms with E-state index in [1.54, 1.807) is 21.0 Å². The van der Waals surface area contributed by atoms with Gasteiger partial charge in [-0.2, -0.15) is 10.2 Å². The van der Waals surface area contributed by atoms with Crippen LogP contribution in [-0.2, 0) is 0 Å². The van der Waals surface area contributed by atoms with E-state index in [-0.39, 0.29) is 0 Å². The normalized spacial score (nSPS) is 11.0. The Hall–Kier alpha value is -1.28. The maximum Gasteiger partial charge on any atom is 0.186 e. The van der Waals surface area contributed by atoms with Crippen LogP contribution in [0.2, 0.25) is 0 Å². The molecule has 0 aliphatic carbocycles. The van der Waals surface area contributed by atoms with E-state index in [0.29, 0.717) is 15.9 Å². The molecule has 0 atom stereocenters. The molecule has 0 saturated carbocycles. The smallest absolute Gasteiger partial charge is 0.186 e. The summed E-state index contributed by atoms with van der Waals surface area (Å²) in [5, 5.41) is 14.1. The minimum atomic E-state index is 0.442. The second kappa shape index (κ2) is 8.06. The summed E-state index contributed by atoms with van der Waals surface area (Å²) < 4.78 is 0. The summed E-state index contributed by atoms with van der Waals surface area (Å²) in [7, 11) is 3.42. The van der Waals surface area contributed by atoms with Crippen molar-refractivity contribution in [2.24, 2.45) is 10.2 Å². The SMILES string of the molecule is CNC(=S)N/N=C(C)\C=N\NC(=S)NC. The molecule has 0 aliphatic rings. The van der Waals surface area contributed by atoms with Crippen molar-refractivity contribution in [1.29, 1.82) is 0 Å². The molecule has 0 fully saturated rings. The fourth-order valence-corrected chi connectivity index (χ4v) is 0.562. The molecular weight excluding hydrogens is 232 g/mol. The van der Waals surface area contributed by atoms with E-state index in [0.717, 1.165) is 0 Å². The highest BCUT2D eigenvalue weighted by molar-refractivity contribution is 7.80. The molecule has 0 unspecified atom stereocenters. The Balaban J connectivity index is 3.95. The Bertz CT molecular complexity index is 285. The van der Waals surface area contributed by atoms with Gasteiger partial charge in [0.25, 0.3) is 0 Å². The number of nitrogens with zero attached hydrogens (tertiary/aromatic N) is 2. The molecule has 0 amide bonds. The second-order valence-electron chi connectivity index (χ2n) is 2.39. The first-order valence-corrected chi connectivity index (χ1v) is 4.94. The van der Waals surface area contributed by atoms with E-state index in [1.165, 1.54) is 6.21 Å². The molecule has 84 valence electrons. The fraction of sp³-hybridized carbons (Fsp3) is 0.429. The fourth-order valence-electron chi connectivity index (χ4n) is 0.464. The molecule has 0 heterocycles. The molecule has 15 heavy (non-hydrogen) atoms. The lowest BCUT2D eigenvalue weighted by Crippen LogP contribution is -2.30. The predicted octanol–water partition coefficient (Wildman–Crippen LogP) is -0.464. The molecule has 0 spiro atoms. The van der Waals surface area contributed by atoms with Gasteiger partial charge >= 0.3 is 0 Å². The Morgan fingerprint density at radius 3 is 2.13 bits per heavy atom. The van der Waals surface area contributed by atoms with Crippen molar-refractivity contribution in [2.45, 2.75) is 6.92 Å². The Kier molecular flexibility index (Phi) is 7.38. The highest BCUT2D eigenvalue weighted by atomic mass is 32.1. The molecule has 0 saturated heterocycles. The van der Waals surface area contributed by atoms with Gasteiger partial charge in [-0.3, -0.25) is 10.9 Å². The van der Waals surface area contributed by atoms with E-state index in [1.807, 2.05) is 0 Å². The van der Waals surface area contributed by atoms with Gasteiger partial charge in [-0.1, -0.05) is 0 Å². The zero-order valence-electron chi connectivity index (χ0n) is 8.79. The number of hydrogen-bond donors (Lipinski definition) is 4. The van der Waals surface area contributed by atoms with Crippen molar-refractivity contribution in [3.05, 3.63) is 0 Å². The highest BCUT2D eigenvalue weighted by Crippen LogP contribution is 1.72. The minimum Gasteiger partial charge on any atom is -0.364 e. The summed E-state index contributed by atoms with van der Waals surface area (Å²) in [6.07, 6.45) is 1.52. The number of nitrogens with one attached hydrogen (secondary N) is 4. The van der Waals surface area contributed by atoms with Crippen LogP contribution in [-0.4, -0.2) is 36.2 Å². The van der Waals surface area contributed by atoms with E-state index in [2.05, 4.69) is 31.7 Å². The van der Waals surface area contributed by atoms with Crippen molar-refractivity contribution in [3.8, 4) is 0 Å². The Labute approximate surface area is 99.6 Å². The van der Waals surface area contributed by atoms with Gasteiger partial charge in [0, 0.05) is 14.1 Å². The Morgan fingerprint density at radius 1 is 1.07 bits per heavy atom. The van der Waals surface area contributed by atoms with Crippen molar-refractivity contribution in [2.75, 3.05) is 14.1 Å². The van der Waals surface area contributed by atoms with Crippen molar-refractivity contribution in [1.82, 2.24) is 21.5 Å². The number of thiocarbonyl (C=S) groups is 2. The summed E-state index contributed by atoms with van der Waals surface area (Å²) in [5.41, 5.74) is 5.89. The largest absolute Gasteiger partial charge is 0.364 e. The molecule has 0 aromatic heterocycles. The first-order chi connectivity index (χ1) is 7.10. The number of hydrogen-bond acceptors (Lipinski definition) is 4. The van der Waals surface area contributed by atoms with Gasteiger partial charge in [0.2, 0.25) is 0 Å². The van der Waals surface area contributed by atoms with Gasteiger partial charge in [-0.25, -0.2) is 0 Å². The average molecular weight is 246 g/mol. The van der Waals surface area contributed by atoms with Crippen LogP contribution in [0.1, 0.15) is 6.92 Å². The topological polar surface area (TPSA) is 72.8 Å². The third-order valence-electron chi connectivity index (χ3n) is 1.21. The van der Waals surface area contributed by atoms with Gasteiger partial charge < -0.3 is 10.6 Å². The lowest BCUT2D eigenvalue weighted by Gasteiger charge is -2.01. The third-order valence-corrected chi connectivity index (χ3v) is 1.80. The first-order valence-electron chi connectivity index (χ1n) is 4.13. The van der Waals surface area contributed by atoms with Crippen LogP contribution in [0.15, 0.2) is 10.2 Å². The molecule has 4 N–H and O–H groups in total. The minimum absolute atomic E-state index is 0.442. The van der Waals surface area contributed by atoms with Gasteiger partial charge in [-0.05, 0) is 31.4 Å². The van der Waals surface area contributed by atoms with Crippen LogP contribution >= 0.6 is 24.4 Å². The van der Waals surface area contributed by atoms with Crippen molar-refractivity contribution >= 4 is 46.6 Å². The molecule has 0 bridgehead atoms. The maximum absolute atomic E-state index is 4.83. The first kappa shape index (κ1) is 13.7. The molecule has 6 nitrogen and oxygen atoms in total. The summed E-state index contributed by atoms with van der Waals surface area (Å²) in [4.78, 5) is 0. The number of hydrazone groups is 2. The summed E-state index contributed by atoms with van der Waals surface area (Å²) in [5.74, 6) is 0. The van der Waals surface area contributed by atoms with Crippen LogP contribution in [0.4, 0.5) is 0 Å². The van der Waals surface area contributed by atoms with Crippen LogP contribution in [0.5, 0.6) is 0 Å². The van der Waals surface area contributed by atoms with Crippen LogP contribution in [0.3, 0.4) is 0 Å². The maximum atomic E-state index is 4.83. The third kappa shape index (κ3) is 7.77.